The molecule has 0 saturated heterocycles. The Kier molecular flexibility index (Phi) is 6.99. The van der Waals surface area contributed by atoms with Gasteiger partial charge in [0, 0.05) is 30.1 Å². The van der Waals surface area contributed by atoms with E-state index in [4.69, 9.17) is 9.47 Å². The van der Waals surface area contributed by atoms with Gasteiger partial charge in [0.15, 0.2) is 0 Å². The molecular formula is C25H26N2O4. The summed E-state index contributed by atoms with van der Waals surface area (Å²) in [5.41, 5.74) is 1.98. The zero-order valence-electron chi connectivity index (χ0n) is 18.0. The molecule has 0 radical (unpaired) electrons. The standard InChI is InChI=1S/C25H26N2O4/c1-25(2,3)31-24(29)27-16-14-21-17-19(12-13-22(21)27)9-7-8-15-26-23(28)30-18-20-10-5-4-6-11-20/h4-6,10-14,16-17H,8,15,18H2,1-3H3,(H,26,28). The number of ether oxygens (including phenoxy) is 2. The zero-order chi connectivity index (χ0) is 22.3. The van der Waals surface area contributed by atoms with Crippen molar-refractivity contribution in [2.24, 2.45) is 0 Å². The predicted octanol–water partition coefficient (Wildman–Crippen LogP) is 5.09. The molecule has 0 aliphatic carbocycles. The van der Waals surface area contributed by atoms with Crippen LogP contribution in [0.3, 0.4) is 0 Å². The molecule has 160 valence electrons. The van der Waals surface area contributed by atoms with E-state index in [1.165, 1.54) is 4.57 Å². The molecule has 6 nitrogen and oxygen atoms in total. The van der Waals surface area contributed by atoms with Gasteiger partial charge in [0.1, 0.15) is 12.2 Å². The van der Waals surface area contributed by atoms with E-state index in [2.05, 4.69) is 17.2 Å². The second-order valence-corrected chi connectivity index (χ2v) is 7.98. The second-order valence-electron chi connectivity index (χ2n) is 7.98. The van der Waals surface area contributed by atoms with Crippen LogP contribution in [-0.4, -0.2) is 28.9 Å². The number of fused-ring (bicyclic) bond motifs is 1. The third kappa shape index (κ3) is 6.65. The first-order valence-electron chi connectivity index (χ1n) is 10.1. The Morgan fingerprint density at radius 2 is 1.84 bits per heavy atom. The predicted molar refractivity (Wildman–Crippen MR) is 120 cm³/mol. The Bertz CT molecular complexity index is 1120. The van der Waals surface area contributed by atoms with Crippen molar-refractivity contribution >= 4 is 23.1 Å². The van der Waals surface area contributed by atoms with Gasteiger partial charge < -0.3 is 14.8 Å². The molecular weight excluding hydrogens is 392 g/mol. The molecule has 0 aliphatic heterocycles. The molecule has 0 fully saturated rings. The van der Waals surface area contributed by atoms with E-state index in [0.29, 0.717) is 13.0 Å². The number of hydrogen-bond donors (Lipinski definition) is 1. The number of hydrogen-bond acceptors (Lipinski definition) is 4. The van der Waals surface area contributed by atoms with Crippen LogP contribution in [0.25, 0.3) is 10.9 Å². The lowest BCUT2D eigenvalue weighted by molar-refractivity contribution is 0.0544. The first kappa shape index (κ1) is 22.0. The normalized spacial score (nSPS) is 10.8. The average Bonchev–Trinajstić information content (AvgIpc) is 3.15. The van der Waals surface area contributed by atoms with E-state index in [0.717, 1.165) is 22.0 Å². The number of aromatic nitrogens is 1. The summed E-state index contributed by atoms with van der Waals surface area (Å²) in [4.78, 5) is 24.0. The molecule has 2 aromatic carbocycles. The summed E-state index contributed by atoms with van der Waals surface area (Å²) in [6.45, 7) is 6.14. The lowest BCUT2D eigenvalue weighted by Gasteiger charge is -2.19. The summed E-state index contributed by atoms with van der Waals surface area (Å²) in [6, 6.07) is 17.0. The highest BCUT2D eigenvalue weighted by atomic mass is 16.6. The number of nitrogens with one attached hydrogen (secondary N) is 1. The van der Waals surface area contributed by atoms with Crippen LogP contribution < -0.4 is 5.32 Å². The lowest BCUT2D eigenvalue weighted by atomic mass is 10.1. The number of benzene rings is 2. The molecule has 3 rings (SSSR count). The van der Waals surface area contributed by atoms with Crippen molar-refractivity contribution in [3.8, 4) is 11.8 Å². The van der Waals surface area contributed by atoms with Crippen LogP contribution >= 0.6 is 0 Å². The van der Waals surface area contributed by atoms with Crippen LogP contribution in [0.4, 0.5) is 9.59 Å². The van der Waals surface area contributed by atoms with Gasteiger partial charge in [-0.05, 0) is 50.6 Å². The molecule has 6 heteroatoms. The summed E-state index contributed by atoms with van der Waals surface area (Å²) in [7, 11) is 0. The smallest absolute Gasteiger partial charge is 0.418 e. The molecule has 0 unspecified atom stereocenters. The average molecular weight is 418 g/mol. The lowest BCUT2D eigenvalue weighted by Crippen LogP contribution is -2.26. The Hall–Kier alpha value is -3.72. The summed E-state index contributed by atoms with van der Waals surface area (Å²) in [6.07, 6.45) is 1.32. The maximum Gasteiger partial charge on any atom is 0.418 e. The molecule has 1 N–H and O–H groups in total. The minimum Gasteiger partial charge on any atom is -0.445 e. The van der Waals surface area contributed by atoms with Crippen molar-refractivity contribution in [1.29, 1.82) is 0 Å². The van der Waals surface area contributed by atoms with Gasteiger partial charge in [0.25, 0.3) is 0 Å². The molecule has 0 bridgehead atoms. The fourth-order valence-corrected chi connectivity index (χ4v) is 2.86. The molecule has 1 aromatic heterocycles. The first-order valence-corrected chi connectivity index (χ1v) is 10.1. The van der Waals surface area contributed by atoms with Gasteiger partial charge in [-0.15, -0.1) is 0 Å². The number of amides is 1. The number of rotatable bonds is 4. The van der Waals surface area contributed by atoms with Gasteiger partial charge in [0.2, 0.25) is 0 Å². The van der Waals surface area contributed by atoms with Crippen molar-refractivity contribution in [3.63, 3.8) is 0 Å². The Morgan fingerprint density at radius 3 is 2.58 bits per heavy atom. The van der Waals surface area contributed by atoms with Gasteiger partial charge >= 0.3 is 12.2 Å². The molecule has 3 aromatic rings. The highest BCUT2D eigenvalue weighted by Gasteiger charge is 2.18. The van der Waals surface area contributed by atoms with Crippen LogP contribution in [0.15, 0.2) is 60.8 Å². The fourth-order valence-electron chi connectivity index (χ4n) is 2.86. The SMILES string of the molecule is CC(C)(C)OC(=O)n1ccc2cc(C#CCCNC(=O)OCc3ccccc3)ccc21. The minimum atomic E-state index is -0.554. The molecule has 31 heavy (non-hydrogen) atoms. The summed E-state index contributed by atoms with van der Waals surface area (Å²) < 4.78 is 12.1. The van der Waals surface area contributed by atoms with Crippen LogP contribution in [0.2, 0.25) is 0 Å². The van der Waals surface area contributed by atoms with Gasteiger partial charge in [-0.25, -0.2) is 9.59 Å². The quantitative estimate of drug-likeness (QED) is 0.473. The van der Waals surface area contributed by atoms with Crippen molar-refractivity contribution in [2.45, 2.75) is 39.4 Å². The summed E-state index contributed by atoms with van der Waals surface area (Å²) in [5, 5.41) is 3.59. The number of carbonyl (C=O) groups excluding carboxylic acids is 2. The Labute approximate surface area is 182 Å². The number of carbonyl (C=O) groups is 2. The molecule has 0 spiro atoms. The van der Waals surface area contributed by atoms with Gasteiger partial charge in [-0.1, -0.05) is 42.2 Å². The third-order valence-corrected chi connectivity index (χ3v) is 4.25. The monoisotopic (exact) mass is 418 g/mol. The zero-order valence-corrected chi connectivity index (χ0v) is 18.0. The fraction of sp³-hybridized carbons (Fsp3) is 0.280. The topological polar surface area (TPSA) is 69.6 Å². The maximum atomic E-state index is 12.3. The largest absolute Gasteiger partial charge is 0.445 e. The van der Waals surface area contributed by atoms with Crippen LogP contribution in [-0.2, 0) is 16.1 Å². The van der Waals surface area contributed by atoms with Crippen molar-refractivity contribution < 1.29 is 19.1 Å². The van der Waals surface area contributed by atoms with Crippen molar-refractivity contribution in [1.82, 2.24) is 9.88 Å². The molecule has 1 amide bonds. The van der Waals surface area contributed by atoms with Gasteiger partial charge in [-0.2, -0.15) is 0 Å². The minimum absolute atomic E-state index is 0.237. The van der Waals surface area contributed by atoms with E-state index < -0.39 is 17.8 Å². The van der Waals surface area contributed by atoms with Crippen LogP contribution in [0.1, 0.15) is 38.3 Å². The van der Waals surface area contributed by atoms with E-state index in [1.807, 2.05) is 75.4 Å². The highest BCUT2D eigenvalue weighted by molar-refractivity contribution is 5.90. The molecule has 0 saturated carbocycles. The molecule has 0 atom stereocenters. The van der Waals surface area contributed by atoms with Crippen LogP contribution in [0, 0.1) is 11.8 Å². The Morgan fingerprint density at radius 1 is 1.06 bits per heavy atom. The van der Waals surface area contributed by atoms with Gasteiger partial charge in [-0.3, -0.25) is 4.57 Å². The number of nitrogens with zero attached hydrogens (tertiary/aromatic N) is 1. The van der Waals surface area contributed by atoms with E-state index in [-0.39, 0.29) is 6.61 Å². The van der Waals surface area contributed by atoms with E-state index >= 15 is 0 Å². The van der Waals surface area contributed by atoms with Gasteiger partial charge in [0.05, 0.1) is 5.52 Å². The highest BCUT2D eigenvalue weighted by Crippen LogP contribution is 2.19. The third-order valence-electron chi connectivity index (χ3n) is 4.25. The summed E-state index contributed by atoms with van der Waals surface area (Å²) in [5.74, 6) is 6.12. The Balaban J connectivity index is 1.49. The summed E-state index contributed by atoms with van der Waals surface area (Å²) >= 11 is 0. The maximum absolute atomic E-state index is 12.3. The molecule has 0 aliphatic rings. The second kappa shape index (κ2) is 9.86. The molecule has 1 heterocycles. The van der Waals surface area contributed by atoms with E-state index in [9.17, 15) is 9.59 Å². The van der Waals surface area contributed by atoms with Crippen LogP contribution in [0.5, 0.6) is 0 Å². The van der Waals surface area contributed by atoms with Crippen molar-refractivity contribution in [2.75, 3.05) is 6.54 Å². The van der Waals surface area contributed by atoms with Crippen molar-refractivity contribution in [3.05, 3.63) is 71.9 Å². The first-order chi connectivity index (χ1) is 14.8. The number of alkyl carbamates (subject to hydrolysis) is 1. The van der Waals surface area contributed by atoms with E-state index in [1.54, 1.807) is 6.20 Å².